The number of thiazole rings is 1. The van der Waals surface area contributed by atoms with Crippen molar-refractivity contribution >= 4 is 22.7 Å². The molecule has 0 amide bonds. The van der Waals surface area contributed by atoms with Crippen molar-refractivity contribution in [2.45, 2.75) is 25.4 Å². The summed E-state index contributed by atoms with van der Waals surface area (Å²) in [5, 5.41) is 11.3. The first kappa shape index (κ1) is 13.0. The molecule has 5 heteroatoms. The van der Waals surface area contributed by atoms with Gasteiger partial charge in [0.1, 0.15) is 5.01 Å². The number of nitrogens with one attached hydrogen (secondary N) is 1. The second-order valence-corrected chi connectivity index (χ2v) is 7.43. The normalized spacial score (nSPS) is 26.8. The van der Waals surface area contributed by atoms with Crippen LogP contribution in [0.5, 0.6) is 0 Å². The maximum absolute atomic E-state index is 4.80. The lowest BCUT2D eigenvalue weighted by Gasteiger charge is -2.34. The van der Waals surface area contributed by atoms with Gasteiger partial charge >= 0.3 is 0 Å². The van der Waals surface area contributed by atoms with E-state index in [0.29, 0.717) is 0 Å². The highest BCUT2D eigenvalue weighted by atomic mass is 32.1. The van der Waals surface area contributed by atoms with Crippen LogP contribution in [-0.4, -0.2) is 35.6 Å². The standard InChI is InChI=1S/C15H19N3S2/c1-4-16-14-2-5-18(7-11(1)14)8-13-10-20-15(17-13)12-3-6-19-9-12/h3,6,9-11,14,16H,1-2,4-5,7-8H2. The Balaban J connectivity index is 1.42. The minimum absolute atomic E-state index is 0.781. The lowest BCUT2D eigenvalue weighted by molar-refractivity contribution is 0.154. The van der Waals surface area contributed by atoms with Crippen LogP contribution in [0.2, 0.25) is 0 Å². The first-order chi connectivity index (χ1) is 9.88. The SMILES string of the molecule is c1cc(-c2nc(CN3CCC4NCCC4C3)cs2)cs1. The van der Waals surface area contributed by atoms with E-state index >= 15 is 0 Å². The van der Waals surface area contributed by atoms with Crippen molar-refractivity contribution in [1.82, 2.24) is 15.2 Å². The highest BCUT2D eigenvalue weighted by molar-refractivity contribution is 7.14. The zero-order chi connectivity index (χ0) is 13.4. The zero-order valence-corrected chi connectivity index (χ0v) is 13.1. The summed E-state index contributed by atoms with van der Waals surface area (Å²) in [6.45, 7) is 4.68. The lowest BCUT2D eigenvalue weighted by atomic mass is 9.93. The molecule has 2 unspecified atom stereocenters. The maximum atomic E-state index is 4.80. The summed E-state index contributed by atoms with van der Waals surface area (Å²) in [5.41, 5.74) is 2.51. The number of aromatic nitrogens is 1. The molecule has 3 nitrogen and oxygen atoms in total. The van der Waals surface area contributed by atoms with E-state index in [4.69, 9.17) is 4.98 Å². The van der Waals surface area contributed by atoms with Crippen LogP contribution in [0.1, 0.15) is 18.5 Å². The monoisotopic (exact) mass is 305 g/mol. The summed E-state index contributed by atoms with van der Waals surface area (Å²) in [7, 11) is 0. The molecule has 2 fully saturated rings. The third-order valence-corrected chi connectivity index (χ3v) is 6.07. The van der Waals surface area contributed by atoms with Gasteiger partial charge in [0.15, 0.2) is 0 Å². The van der Waals surface area contributed by atoms with Crippen LogP contribution < -0.4 is 5.32 Å². The molecule has 20 heavy (non-hydrogen) atoms. The molecule has 1 N–H and O–H groups in total. The second kappa shape index (κ2) is 5.56. The van der Waals surface area contributed by atoms with E-state index in [0.717, 1.165) is 18.5 Å². The van der Waals surface area contributed by atoms with Gasteiger partial charge in [-0.3, -0.25) is 4.90 Å². The van der Waals surface area contributed by atoms with E-state index < -0.39 is 0 Å². The van der Waals surface area contributed by atoms with Gasteiger partial charge < -0.3 is 5.32 Å². The largest absolute Gasteiger partial charge is 0.314 e. The summed E-state index contributed by atoms with van der Waals surface area (Å²) in [4.78, 5) is 7.38. The number of fused-ring (bicyclic) bond motifs is 1. The smallest absolute Gasteiger partial charge is 0.124 e. The number of rotatable bonds is 3. The second-order valence-electron chi connectivity index (χ2n) is 5.79. The fraction of sp³-hybridized carbons (Fsp3) is 0.533. The maximum Gasteiger partial charge on any atom is 0.124 e. The Kier molecular flexibility index (Phi) is 3.60. The van der Waals surface area contributed by atoms with Crippen molar-refractivity contribution in [2.75, 3.05) is 19.6 Å². The minimum atomic E-state index is 0.781. The number of hydrogen-bond donors (Lipinski definition) is 1. The predicted molar refractivity (Wildman–Crippen MR) is 85.2 cm³/mol. The molecule has 4 rings (SSSR count). The molecule has 0 aliphatic carbocycles. The molecule has 2 saturated heterocycles. The van der Waals surface area contributed by atoms with E-state index in [1.807, 2.05) is 0 Å². The molecule has 2 aromatic rings. The quantitative estimate of drug-likeness (QED) is 0.944. The summed E-state index contributed by atoms with van der Waals surface area (Å²) < 4.78 is 0. The van der Waals surface area contributed by atoms with Gasteiger partial charge in [0.25, 0.3) is 0 Å². The number of thiophene rings is 1. The van der Waals surface area contributed by atoms with Gasteiger partial charge in [-0.15, -0.1) is 11.3 Å². The van der Waals surface area contributed by atoms with E-state index in [9.17, 15) is 0 Å². The Labute approximate surface area is 127 Å². The fourth-order valence-electron chi connectivity index (χ4n) is 3.39. The van der Waals surface area contributed by atoms with E-state index in [2.05, 4.69) is 32.4 Å². The number of nitrogens with zero attached hydrogens (tertiary/aromatic N) is 2. The lowest BCUT2D eigenvalue weighted by Crippen LogP contribution is -2.43. The number of likely N-dealkylation sites (tertiary alicyclic amines) is 1. The van der Waals surface area contributed by atoms with Gasteiger partial charge in [-0.05, 0) is 36.8 Å². The molecule has 0 aromatic carbocycles. The molecule has 0 bridgehead atoms. The van der Waals surface area contributed by atoms with Crippen LogP contribution in [-0.2, 0) is 6.54 Å². The van der Waals surface area contributed by atoms with Crippen LogP contribution in [0.25, 0.3) is 10.6 Å². The zero-order valence-electron chi connectivity index (χ0n) is 11.4. The highest BCUT2D eigenvalue weighted by Gasteiger charge is 2.32. The Hall–Kier alpha value is -0.750. The molecule has 2 aliphatic rings. The van der Waals surface area contributed by atoms with Crippen molar-refractivity contribution < 1.29 is 0 Å². The van der Waals surface area contributed by atoms with E-state index in [1.54, 1.807) is 22.7 Å². The van der Waals surface area contributed by atoms with Crippen LogP contribution in [0.3, 0.4) is 0 Å². The molecule has 2 aromatic heterocycles. The van der Waals surface area contributed by atoms with Gasteiger partial charge in [0.2, 0.25) is 0 Å². The van der Waals surface area contributed by atoms with Crippen molar-refractivity contribution in [1.29, 1.82) is 0 Å². The van der Waals surface area contributed by atoms with Gasteiger partial charge in [0.05, 0.1) is 5.69 Å². The molecular weight excluding hydrogens is 286 g/mol. The molecule has 0 saturated carbocycles. The fourth-order valence-corrected chi connectivity index (χ4v) is 4.92. The first-order valence-corrected chi connectivity index (χ1v) is 9.13. The Morgan fingerprint density at radius 2 is 2.35 bits per heavy atom. The molecule has 106 valence electrons. The van der Waals surface area contributed by atoms with Gasteiger partial charge in [-0.1, -0.05) is 0 Å². The van der Waals surface area contributed by atoms with Crippen molar-refractivity contribution in [3.05, 3.63) is 27.9 Å². The molecule has 2 aliphatic heterocycles. The van der Waals surface area contributed by atoms with Crippen molar-refractivity contribution in [3.63, 3.8) is 0 Å². The summed E-state index contributed by atoms with van der Waals surface area (Å²) in [5.74, 6) is 0.860. The van der Waals surface area contributed by atoms with Crippen LogP contribution in [0, 0.1) is 5.92 Å². The minimum Gasteiger partial charge on any atom is -0.314 e. The Morgan fingerprint density at radius 3 is 3.25 bits per heavy atom. The van der Waals surface area contributed by atoms with E-state index in [1.165, 1.54) is 48.7 Å². The predicted octanol–water partition coefficient (Wildman–Crippen LogP) is 3.06. The van der Waals surface area contributed by atoms with Gasteiger partial charge in [0, 0.05) is 42.0 Å². The molecule has 0 spiro atoms. The van der Waals surface area contributed by atoms with Gasteiger partial charge in [-0.25, -0.2) is 4.98 Å². The van der Waals surface area contributed by atoms with Crippen molar-refractivity contribution in [2.24, 2.45) is 5.92 Å². The van der Waals surface area contributed by atoms with Crippen LogP contribution in [0.4, 0.5) is 0 Å². The molecule has 2 atom stereocenters. The number of hydrogen-bond acceptors (Lipinski definition) is 5. The average molecular weight is 305 g/mol. The molecular formula is C15H19N3S2. The third kappa shape index (κ3) is 2.55. The van der Waals surface area contributed by atoms with Crippen molar-refractivity contribution in [3.8, 4) is 10.6 Å². The summed E-state index contributed by atoms with van der Waals surface area (Å²) in [6.07, 6.45) is 2.64. The molecule has 0 radical (unpaired) electrons. The Morgan fingerprint density at radius 1 is 1.35 bits per heavy atom. The van der Waals surface area contributed by atoms with Crippen LogP contribution in [0.15, 0.2) is 22.2 Å². The third-order valence-electron chi connectivity index (χ3n) is 4.45. The topological polar surface area (TPSA) is 28.2 Å². The highest BCUT2D eigenvalue weighted by Crippen LogP contribution is 2.28. The summed E-state index contributed by atoms with van der Waals surface area (Å²) >= 11 is 3.51. The molecule has 4 heterocycles. The first-order valence-electron chi connectivity index (χ1n) is 7.31. The van der Waals surface area contributed by atoms with Gasteiger partial charge in [-0.2, -0.15) is 11.3 Å². The Bertz CT molecular complexity index is 563. The van der Waals surface area contributed by atoms with Crippen LogP contribution >= 0.6 is 22.7 Å². The average Bonchev–Trinajstić information content (AvgIpc) is 3.19. The summed E-state index contributed by atoms with van der Waals surface area (Å²) in [6, 6.07) is 2.94. The van der Waals surface area contributed by atoms with E-state index in [-0.39, 0.29) is 0 Å². The number of piperidine rings is 1.